The van der Waals surface area contributed by atoms with E-state index in [1.54, 1.807) is 0 Å². The number of esters is 1. The maximum absolute atomic E-state index is 13.3. The Morgan fingerprint density at radius 1 is 1.34 bits per heavy atom. The van der Waals surface area contributed by atoms with Crippen molar-refractivity contribution in [3.05, 3.63) is 11.9 Å². The average Bonchev–Trinajstić information content (AvgIpc) is 3.47. The Labute approximate surface area is 168 Å². The van der Waals surface area contributed by atoms with Crippen LogP contribution >= 0.6 is 0 Å². The normalized spacial score (nSPS) is 18.8. The van der Waals surface area contributed by atoms with E-state index in [4.69, 9.17) is 9.47 Å². The number of methoxy groups -OCH3 is 1. The van der Waals surface area contributed by atoms with Crippen molar-refractivity contribution in [2.24, 2.45) is 11.8 Å². The predicted octanol–water partition coefficient (Wildman–Crippen LogP) is 2.04. The zero-order chi connectivity index (χ0) is 21.2. The summed E-state index contributed by atoms with van der Waals surface area (Å²) in [5, 5.41) is 2.60. The molecule has 0 spiro atoms. The Balaban J connectivity index is 1.76. The highest BCUT2D eigenvalue weighted by molar-refractivity contribution is 5.95. The molecule has 1 N–H and O–H groups in total. The molecule has 2 fully saturated rings. The standard InChI is InChI=1S/C19H26F2N4O4/c1-11(2)6-13(18(27)28-3)23-16(26)14-7-22-15(25-9-19(20,21)10-25)17(24-14)29-8-12-4-5-12/h7,11-13H,4-6,8-10H2,1-3H3,(H,23,26). The van der Waals surface area contributed by atoms with Crippen LogP contribution in [-0.4, -0.2) is 60.6 Å². The van der Waals surface area contributed by atoms with Crippen molar-refractivity contribution >= 4 is 17.7 Å². The molecule has 0 bridgehead atoms. The number of carbonyl (C=O) groups is 2. The maximum atomic E-state index is 13.3. The largest absolute Gasteiger partial charge is 0.475 e. The molecule has 1 saturated carbocycles. The molecule has 2 aliphatic rings. The fourth-order valence-electron chi connectivity index (χ4n) is 2.99. The zero-order valence-corrected chi connectivity index (χ0v) is 16.8. The van der Waals surface area contributed by atoms with Gasteiger partial charge in [-0.1, -0.05) is 13.8 Å². The van der Waals surface area contributed by atoms with Gasteiger partial charge in [0.05, 0.1) is 33.0 Å². The van der Waals surface area contributed by atoms with Gasteiger partial charge in [0.15, 0.2) is 11.5 Å². The number of halogens is 2. The fourth-order valence-corrected chi connectivity index (χ4v) is 2.99. The van der Waals surface area contributed by atoms with Gasteiger partial charge >= 0.3 is 5.97 Å². The van der Waals surface area contributed by atoms with Crippen LogP contribution in [0.5, 0.6) is 5.88 Å². The van der Waals surface area contributed by atoms with E-state index in [0.717, 1.165) is 12.8 Å². The van der Waals surface area contributed by atoms with E-state index in [1.807, 2.05) is 13.8 Å². The first kappa shape index (κ1) is 21.2. The molecule has 1 aromatic heterocycles. The lowest BCUT2D eigenvalue weighted by Crippen LogP contribution is -2.56. The van der Waals surface area contributed by atoms with Crippen molar-refractivity contribution in [2.75, 3.05) is 31.7 Å². The van der Waals surface area contributed by atoms with Gasteiger partial charge in [-0.15, -0.1) is 0 Å². The highest BCUT2D eigenvalue weighted by Crippen LogP contribution is 2.36. The first-order valence-electron chi connectivity index (χ1n) is 9.70. The summed E-state index contributed by atoms with van der Waals surface area (Å²) in [4.78, 5) is 34.3. The van der Waals surface area contributed by atoms with Gasteiger partial charge in [0.25, 0.3) is 17.7 Å². The number of nitrogens with one attached hydrogen (secondary N) is 1. The van der Waals surface area contributed by atoms with Crippen molar-refractivity contribution in [3.8, 4) is 5.88 Å². The molecular formula is C19H26F2N4O4. The first-order chi connectivity index (χ1) is 13.7. The molecule has 8 nitrogen and oxygen atoms in total. The predicted molar refractivity (Wildman–Crippen MR) is 100 cm³/mol. The van der Waals surface area contributed by atoms with Crippen molar-refractivity contribution < 1.29 is 27.8 Å². The molecular weight excluding hydrogens is 386 g/mol. The molecule has 0 aromatic carbocycles. The number of alkyl halides is 2. The number of nitrogens with zero attached hydrogens (tertiary/aromatic N) is 3. The molecule has 1 aliphatic carbocycles. The van der Waals surface area contributed by atoms with E-state index in [-0.39, 0.29) is 23.3 Å². The van der Waals surface area contributed by atoms with Gasteiger partial charge in [0.1, 0.15) is 6.04 Å². The third-order valence-electron chi connectivity index (χ3n) is 4.75. The second-order valence-electron chi connectivity index (χ2n) is 8.03. The van der Waals surface area contributed by atoms with Crippen molar-refractivity contribution in [2.45, 2.75) is 45.1 Å². The number of hydrogen-bond donors (Lipinski definition) is 1. The number of anilines is 1. The van der Waals surface area contributed by atoms with Crippen molar-refractivity contribution in [3.63, 3.8) is 0 Å². The summed E-state index contributed by atoms with van der Waals surface area (Å²) >= 11 is 0. The minimum absolute atomic E-state index is 0.0514. The van der Waals surface area contributed by atoms with Crippen molar-refractivity contribution in [1.82, 2.24) is 15.3 Å². The number of aromatic nitrogens is 2. The third-order valence-corrected chi connectivity index (χ3v) is 4.75. The van der Waals surface area contributed by atoms with Crippen LogP contribution < -0.4 is 15.0 Å². The van der Waals surface area contributed by atoms with Crippen LogP contribution in [0.1, 0.15) is 43.6 Å². The second-order valence-corrected chi connectivity index (χ2v) is 8.03. The minimum atomic E-state index is -2.77. The number of amides is 1. The molecule has 29 heavy (non-hydrogen) atoms. The lowest BCUT2D eigenvalue weighted by atomic mass is 10.0. The maximum Gasteiger partial charge on any atom is 0.328 e. The van der Waals surface area contributed by atoms with E-state index in [0.29, 0.717) is 18.9 Å². The van der Waals surface area contributed by atoms with Crippen LogP contribution in [0.15, 0.2) is 6.20 Å². The third kappa shape index (κ3) is 5.51. The summed E-state index contributed by atoms with van der Waals surface area (Å²) in [7, 11) is 1.25. The van der Waals surface area contributed by atoms with Crippen LogP contribution in [0.2, 0.25) is 0 Å². The minimum Gasteiger partial charge on any atom is -0.475 e. The van der Waals surface area contributed by atoms with Crippen LogP contribution in [0, 0.1) is 11.8 Å². The van der Waals surface area contributed by atoms with Crippen LogP contribution in [0.25, 0.3) is 0 Å². The van der Waals surface area contributed by atoms with Gasteiger partial charge in [-0.3, -0.25) is 4.79 Å². The Kier molecular flexibility index (Phi) is 6.18. The van der Waals surface area contributed by atoms with Gasteiger partial charge in [-0.05, 0) is 31.1 Å². The molecule has 0 radical (unpaired) electrons. The summed E-state index contributed by atoms with van der Waals surface area (Å²) in [5.41, 5.74) is -0.0514. The number of hydrogen-bond acceptors (Lipinski definition) is 7. The molecule has 160 valence electrons. The first-order valence-corrected chi connectivity index (χ1v) is 9.70. The van der Waals surface area contributed by atoms with Gasteiger partial charge in [-0.25, -0.2) is 23.5 Å². The van der Waals surface area contributed by atoms with Crippen LogP contribution in [-0.2, 0) is 9.53 Å². The number of rotatable bonds is 9. The van der Waals surface area contributed by atoms with E-state index < -0.39 is 36.9 Å². The van der Waals surface area contributed by atoms with E-state index >= 15 is 0 Å². The lowest BCUT2D eigenvalue weighted by Gasteiger charge is -2.39. The van der Waals surface area contributed by atoms with Gasteiger partial charge in [-0.2, -0.15) is 0 Å². The Morgan fingerprint density at radius 3 is 2.59 bits per heavy atom. The van der Waals surface area contributed by atoms with Crippen molar-refractivity contribution in [1.29, 1.82) is 0 Å². The van der Waals surface area contributed by atoms with Gasteiger partial charge in [0.2, 0.25) is 0 Å². The Hall–Kier alpha value is -2.52. The molecule has 3 rings (SSSR count). The molecule has 2 heterocycles. The van der Waals surface area contributed by atoms with E-state index in [9.17, 15) is 18.4 Å². The molecule has 1 amide bonds. The topological polar surface area (TPSA) is 93.6 Å². The average molecular weight is 412 g/mol. The fraction of sp³-hybridized carbons (Fsp3) is 0.684. The Morgan fingerprint density at radius 2 is 2.03 bits per heavy atom. The summed E-state index contributed by atoms with van der Waals surface area (Å²) in [6.45, 7) is 3.31. The second kappa shape index (κ2) is 8.46. The Bertz CT molecular complexity index is 763. The summed E-state index contributed by atoms with van der Waals surface area (Å²) in [5.74, 6) is -3.11. The van der Waals surface area contributed by atoms with Gasteiger partial charge in [0, 0.05) is 0 Å². The van der Waals surface area contributed by atoms with Crippen LogP contribution in [0.3, 0.4) is 0 Å². The zero-order valence-electron chi connectivity index (χ0n) is 16.8. The molecule has 1 aliphatic heterocycles. The number of carbonyl (C=O) groups excluding carboxylic acids is 2. The summed E-state index contributed by atoms with van der Waals surface area (Å²) < 4.78 is 36.9. The smallest absolute Gasteiger partial charge is 0.328 e. The SMILES string of the molecule is COC(=O)C(CC(C)C)NC(=O)c1cnc(N2CC(F)(F)C2)c(OCC2CC2)n1. The molecule has 1 aromatic rings. The lowest BCUT2D eigenvalue weighted by molar-refractivity contribution is -0.143. The molecule has 10 heteroatoms. The van der Waals surface area contributed by atoms with Crippen LogP contribution in [0.4, 0.5) is 14.6 Å². The molecule has 1 atom stereocenters. The molecule has 1 unspecified atom stereocenters. The number of ether oxygens (including phenoxy) is 2. The molecule has 1 saturated heterocycles. The monoisotopic (exact) mass is 412 g/mol. The summed E-state index contributed by atoms with van der Waals surface area (Å²) in [6, 6.07) is -0.820. The van der Waals surface area contributed by atoms with E-state index in [1.165, 1.54) is 18.2 Å². The highest BCUT2D eigenvalue weighted by atomic mass is 19.3. The highest BCUT2D eigenvalue weighted by Gasteiger charge is 2.46. The van der Waals surface area contributed by atoms with E-state index in [2.05, 4.69) is 15.3 Å². The quantitative estimate of drug-likeness (QED) is 0.621. The summed E-state index contributed by atoms with van der Waals surface area (Å²) in [6.07, 6.45) is 3.69. The van der Waals surface area contributed by atoms with Gasteiger partial charge < -0.3 is 19.7 Å².